The highest BCUT2D eigenvalue weighted by Crippen LogP contribution is 2.38. The molecule has 1 aromatic heterocycles. The highest BCUT2D eigenvalue weighted by atomic mass is 16.5. The summed E-state index contributed by atoms with van der Waals surface area (Å²) in [5.74, 6) is -1.44. The molecule has 0 atom stereocenters. The number of nitrogens with two attached hydrogens (primary N) is 1. The highest BCUT2D eigenvalue weighted by molar-refractivity contribution is 5.98. The number of aromatic hydroxyl groups is 1. The van der Waals surface area contributed by atoms with E-state index in [4.69, 9.17) is 15.2 Å². The van der Waals surface area contributed by atoms with Crippen LogP contribution in [0.25, 0.3) is 10.9 Å². The Morgan fingerprint density at radius 2 is 1.81 bits per heavy atom. The maximum Gasteiger partial charge on any atom is 0.283 e. The Labute approximate surface area is 182 Å². The van der Waals surface area contributed by atoms with Crippen molar-refractivity contribution in [2.75, 3.05) is 20.8 Å². The van der Waals surface area contributed by atoms with Gasteiger partial charge in [-0.3, -0.25) is 14.4 Å². The van der Waals surface area contributed by atoms with Gasteiger partial charge in [0.05, 0.1) is 19.7 Å². The van der Waals surface area contributed by atoms with Crippen LogP contribution in [-0.2, 0) is 16.1 Å². The summed E-state index contributed by atoms with van der Waals surface area (Å²) < 4.78 is 11.5. The van der Waals surface area contributed by atoms with E-state index >= 15 is 0 Å². The molecule has 0 radical (unpaired) electrons. The van der Waals surface area contributed by atoms with Crippen LogP contribution in [0.5, 0.6) is 17.4 Å². The first-order valence-corrected chi connectivity index (χ1v) is 9.39. The molecule has 0 aliphatic heterocycles. The molecule has 3 aromatic rings. The third kappa shape index (κ3) is 4.67. The number of carbonyl (C=O) groups excluding carboxylic acids is 3. The molecule has 3 amide bonds. The number of amides is 3. The molecule has 0 fully saturated rings. The summed E-state index contributed by atoms with van der Waals surface area (Å²) in [4.78, 5) is 35.7. The van der Waals surface area contributed by atoms with Crippen molar-refractivity contribution in [3.05, 3.63) is 48.0 Å². The van der Waals surface area contributed by atoms with E-state index in [1.807, 2.05) is 0 Å². The third-order valence-corrected chi connectivity index (χ3v) is 4.54. The number of methoxy groups -OCH3 is 2. The van der Waals surface area contributed by atoms with Crippen LogP contribution in [0.15, 0.2) is 52.7 Å². The topological polar surface area (TPSA) is 158 Å². The summed E-state index contributed by atoms with van der Waals surface area (Å²) >= 11 is 0. The number of hydrogen-bond donors (Lipinski definition) is 3. The molecule has 11 heteroatoms. The van der Waals surface area contributed by atoms with Gasteiger partial charge < -0.3 is 30.2 Å². The molecule has 3 rings (SSSR count). The molecular formula is C21H21N5O6. The number of para-hydroxylation sites is 1. The minimum Gasteiger partial charge on any atom is -0.493 e. The maximum absolute atomic E-state index is 12.3. The van der Waals surface area contributed by atoms with Crippen molar-refractivity contribution in [1.29, 1.82) is 0 Å². The Hall–Kier alpha value is -4.41. The minimum absolute atomic E-state index is 0.0152. The molecular weight excluding hydrogens is 418 g/mol. The number of rotatable bonds is 8. The summed E-state index contributed by atoms with van der Waals surface area (Å²) in [5, 5.41) is 20.7. The fourth-order valence-corrected chi connectivity index (χ4v) is 3.06. The lowest BCUT2D eigenvalue weighted by atomic mass is 10.2. The first kappa shape index (κ1) is 22.3. The second kappa shape index (κ2) is 9.60. The third-order valence-electron chi connectivity index (χ3n) is 4.54. The lowest BCUT2D eigenvalue weighted by Crippen LogP contribution is -2.28. The van der Waals surface area contributed by atoms with Gasteiger partial charge in [-0.05, 0) is 24.3 Å². The van der Waals surface area contributed by atoms with Gasteiger partial charge in [-0.15, -0.1) is 10.2 Å². The Morgan fingerprint density at radius 1 is 1.09 bits per heavy atom. The number of ether oxygens (including phenoxy) is 2. The Balaban J connectivity index is 1.72. The molecule has 166 valence electrons. The number of carbonyl (C=O) groups is 3. The van der Waals surface area contributed by atoms with E-state index in [0.29, 0.717) is 22.4 Å². The van der Waals surface area contributed by atoms with E-state index < -0.39 is 24.3 Å². The van der Waals surface area contributed by atoms with Crippen molar-refractivity contribution < 1.29 is 29.0 Å². The Morgan fingerprint density at radius 3 is 2.50 bits per heavy atom. The van der Waals surface area contributed by atoms with Gasteiger partial charge in [0.15, 0.2) is 17.2 Å². The summed E-state index contributed by atoms with van der Waals surface area (Å²) in [7, 11) is 2.92. The van der Waals surface area contributed by atoms with Gasteiger partial charge in [0, 0.05) is 10.9 Å². The van der Waals surface area contributed by atoms with E-state index in [0.717, 1.165) is 0 Å². The molecule has 11 nitrogen and oxygen atoms in total. The fraction of sp³-hybridized carbons (Fsp3) is 0.190. The fourth-order valence-electron chi connectivity index (χ4n) is 3.06. The van der Waals surface area contributed by atoms with Gasteiger partial charge in [0.1, 0.15) is 13.1 Å². The number of nitrogens with one attached hydrogen (secondary N) is 1. The zero-order valence-electron chi connectivity index (χ0n) is 17.4. The van der Waals surface area contributed by atoms with Gasteiger partial charge in [-0.25, -0.2) is 0 Å². The lowest BCUT2D eigenvalue weighted by Gasteiger charge is -2.09. The quantitative estimate of drug-likeness (QED) is 0.455. The summed E-state index contributed by atoms with van der Waals surface area (Å²) in [6.45, 7) is -0.686. The number of azo groups is 1. The SMILES string of the molecule is COc1ccc(C(=O)NCC(=O)N=Nc2c(O)n(CC(N)=O)c3ccccc23)cc1OC. The minimum atomic E-state index is -0.745. The van der Waals surface area contributed by atoms with Crippen molar-refractivity contribution in [2.45, 2.75) is 6.54 Å². The number of hydrogen-bond acceptors (Lipinski definition) is 7. The van der Waals surface area contributed by atoms with E-state index in [2.05, 4.69) is 15.5 Å². The Kier molecular flexibility index (Phi) is 6.68. The standard InChI is InChI=1S/C21H21N5O6/c1-31-15-8-7-12(9-16(15)32-2)20(29)23-10-18(28)24-25-19-13-5-3-4-6-14(13)26(21(19)30)11-17(22)27/h3-9,30H,10-11H2,1-2H3,(H2,22,27)(H,23,29). The zero-order chi connectivity index (χ0) is 23.3. The molecule has 0 aliphatic carbocycles. The molecule has 0 unspecified atom stereocenters. The van der Waals surface area contributed by atoms with Crippen molar-refractivity contribution in [3.8, 4) is 17.4 Å². The first-order chi connectivity index (χ1) is 15.3. The molecule has 0 spiro atoms. The van der Waals surface area contributed by atoms with Crippen molar-refractivity contribution in [2.24, 2.45) is 16.0 Å². The van der Waals surface area contributed by atoms with Crippen LogP contribution in [0.4, 0.5) is 5.69 Å². The summed E-state index contributed by atoms with van der Waals surface area (Å²) in [6.07, 6.45) is 0. The van der Waals surface area contributed by atoms with Crippen LogP contribution in [-0.4, -0.2) is 48.2 Å². The zero-order valence-corrected chi connectivity index (χ0v) is 17.4. The van der Waals surface area contributed by atoms with Gasteiger partial charge in [-0.2, -0.15) is 0 Å². The highest BCUT2D eigenvalue weighted by Gasteiger charge is 2.18. The largest absolute Gasteiger partial charge is 0.493 e. The van der Waals surface area contributed by atoms with Crippen LogP contribution in [0.2, 0.25) is 0 Å². The molecule has 32 heavy (non-hydrogen) atoms. The number of benzene rings is 2. The second-order valence-electron chi connectivity index (χ2n) is 6.59. The Bertz CT molecular complexity index is 1220. The first-order valence-electron chi connectivity index (χ1n) is 9.39. The normalized spacial score (nSPS) is 10.9. The van der Waals surface area contributed by atoms with Gasteiger partial charge in [0.2, 0.25) is 11.8 Å². The second-order valence-corrected chi connectivity index (χ2v) is 6.59. The lowest BCUT2D eigenvalue weighted by molar-refractivity contribution is -0.119. The van der Waals surface area contributed by atoms with Crippen LogP contribution < -0.4 is 20.5 Å². The molecule has 4 N–H and O–H groups in total. The summed E-state index contributed by atoms with van der Waals surface area (Å²) in [6, 6.07) is 11.3. The van der Waals surface area contributed by atoms with Gasteiger partial charge in [0.25, 0.3) is 11.8 Å². The average Bonchev–Trinajstić information content (AvgIpc) is 3.05. The number of aromatic nitrogens is 1. The van der Waals surface area contributed by atoms with E-state index in [9.17, 15) is 19.5 Å². The van der Waals surface area contributed by atoms with Crippen LogP contribution in [0.3, 0.4) is 0 Å². The van der Waals surface area contributed by atoms with Crippen LogP contribution in [0.1, 0.15) is 10.4 Å². The maximum atomic E-state index is 12.3. The van der Waals surface area contributed by atoms with Crippen LogP contribution >= 0.6 is 0 Å². The number of primary amides is 1. The molecule has 2 aromatic carbocycles. The predicted octanol–water partition coefficient (Wildman–Crippen LogP) is 1.89. The molecule has 0 saturated heterocycles. The van der Waals surface area contributed by atoms with Crippen molar-refractivity contribution in [1.82, 2.24) is 9.88 Å². The summed E-state index contributed by atoms with van der Waals surface area (Å²) in [5.41, 5.74) is 6.02. The van der Waals surface area contributed by atoms with Crippen molar-refractivity contribution in [3.63, 3.8) is 0 Å². The number of fused-ring (bicyclic) bond motifs is 1. The molecule has 1 heterocycles. The van der Waals surface area contributed by atoms with Gasteiger partial charge in [-0.1, -0.05) is 18.2 Å². The van der Waals surface area contributed by atoms with E-state index in [1.165, 1.54) is 30.9 Å². The monoisotopic (exact) mass is 439 g/mol. The van der Waals surface area contributed by atoms with Crippen LogP contribution in [0, 0.1) is 0 Å². The van der Waals surface area contributed by atoms with Crippen molar-refractivity contribution >= 4 is 34.3 Å². The average molecular weight is 439 g/mol. The number of nitrogens with zero attached hydrogens (tertiary/aromatic N) is 3. The molecule has 0 aliphatic rings. The van der Waals surface area contributed by atoms with E-state index in [1.54, 1.807) is 30.3 Å². The van der Waals surface area contributed by atoms with Gasteiger partial charge >= 0.3 is 0 Å². The smallest absolute Gasteiger partial charge is 0.283 e. The van der Waals surface area contributed by atoms with E-state index in [-0.39, 0.29) is 23.7 Å². The molecule has 0 bridgehead atoms. The molecule has 0 saturated carbocycles. The predicted molar refractivity (Wildman–Crippen MR) is 114 cm³/mol.